The van der Waals surface area contributed by atoms with Gasteiger partial charge < -0.3 is 13.9 Å². The van der Waals surface area contributed by atoms with E-state index in [2.05, 4.69) is 4.98 Å². The van der Waals surface area contributed by atoms with Gasteiger partial charge in [-0.1, -0.05) is 13.8 Å². The van der Waals surface area contributed by atoms with Gasteiger partial charge in [0.25, 0.3) is 0 Å². The number of hydrogen-bond donors (Lipinski definition) is 1. The summed E-state index contributed by atoms with van der Waals surface area (Å²) in [7, 11) is 0. The summed E-state index contributed by atoms with van der Waals surface area (Å²) in [5.41, 5.74) is 1.12. The van der Waals surface area contributed by atoms with E-state index < -0.39 is 5.97 Å². The van der Waals surface area contributed by atoms with Crippen LogP contribution in [0, 0.1) is 5.92 Å². The van der Waals surface area contributed by atoms with Gasteiger partial charge in [0.1, 0.15) is 6.26 Å². The predicted octanol–water partition coefficient (Wildman–Crippen LogP) is 2.83. The highest BCUT2D eigenvalue weighted by molar-refractivity contribution is 5.86. The Hall–Kier alpha value is -2.04. The summed E-state index contributed by atoms with van der Waals surface area (Å²) in [6.45, 7) is 4.00. The lowest BCUT2D eigenvalue weighted by molar-refractivity contribution is 0.0661. The third-order valence-corrected chi connectivity index (χ3v) is 2.26. The third kappa shape index (κ3) is 2.38. The standard InChI is InChI=1S/C12H13NO4/c1-7(2)5-9-10(12(14)15)17-11(13-9)8-3-4-16-6-8/h3-4,6-7H,5H2,1-2H3,(H,14,15). The largest absolute Gasteiger partial charge is 0.475 e. The van der Waals surface area contributed by atoms with Crippen LogP contribution in [0.3, 0.4) is 0 Å². The number of carbonyl (C=O) groups is 1. The zero-order valence-electron chi connectivity index (χ0n) is 9.64. The number of furan rings is 1. The average Bonchev–Trinajstić information content (AvgIpc) is 2.82. The van der Waals surface area contributed by atoms with E-state index >= 15 is 0 Å². The molecule has 5 nitrogen and oxygen atoms in total. The molecule has 17 heavy (non-hydrogen) atoms. The Bertz CT molecular complexity index is 511. The van der Waals surface area contributed by atoms with Gasteiger partial charge >= 0.3 is 5.97 Å². The number of aromatic carboxylic acids is 1. The second kappa shape index (κ2) is 4.45. The van der Waals surface area contributed by atoms with E-state index in [4.69, 9.17) is 13.9 Å². The summed E-state index contributed by atoms with van der Waals surface area (Å²) in [6.07, 6.45) is 3.53. The van der Waals surface area contributed by atoms with Gasteiger partial charge in [0.15, 0.2) is 0 Å². The molecule has 0 bridgehead atoms. The molecule has 0 unspecified atom stereocenters. The van der Waals surface area contributed by atoms with E-state index in [0.29, 0.717) is 23.6 Å². The summed E-state index contributed by atoms with van der Waals surface area (Å²) in [5, 5.41) is 9.03. The number of rotatable bonds is 4. The van der Waals surface area contributed by atoms with Crippen molar-refractivity contribution < 1.29 is 18.7 Å². The molecular formula is C12H13NO4. The average molecular weight is 235 g/mol. The molecule has 0 aromatic carbocycles. The predicted molar refractivity (Wildman–Crippen MR) is 59.7 cm³/mol. The summed E-state index contributed by atoms with van der Waals surface area (Å²) >= 11 is 0. The molecule has 0 aliphatic rings. The lowest BCUT2D eigenvalue weighted by Gasteiger charge is -1.99. The molecule has 2 aromatic heterocycles. The first-order chi connectivity index (χ1) is 8.08. The molecule has 0 atom stereocenters. The first kappa shape index (κ1) is 11.4. The second-order valence-electron chi connectivity index (χ2n) is 4.21. The van der Waals surface area contributed by atoms with Crippen LogP contribution in [-0.2, 0) is 6.42 Å². The van der Waals surface area contributed by atoms with Crippen LogP contribution >= 0.6 is 0 Å². The molecule has 0 fully saturated rings. The summed E-state index contributed by atoms with van der Waals surface area (Å²) in [4.78, 5) is 15.2. The van der Waals surface area contributed by atoms with Crippen LogP contribution in [0.1, 0.15) is 30.1 Å². The van der Waals surface area contributed by atoms with E-state index in [1.807, 2.05) is 13.8 Å². The van der Waals surface area contributed by atoms with Gasteiger partial charge in [-0.05, 0) is 18.4 Å². The second-order valence-corrected chi connectivity index (χ2v) is 4.21. The van der Waals surface area contributed by atoms with Crippen molar-refractivity contribution >= 4 is 5.97 Å². The number of aromatic nitrogens is 1. The maximum Gasteiger partial charge on any atom is 0.373 e. The van der Waals surface area contributed by atoms with Gasteiger partial charge in [-0.15, -0.1) is 0 Å². The molecule has 0 aliphatic carbocycles. The highest BCUT2D eigenvalue weighted by Crippen LogP contribution is 2.24. The molecular weight excluding hydrogens is 222 g/mol. The molecule has 0 aliphatic heterocycles. The number of carboxylic acid groups (broad SMARTS) is 1. The maximum absolute atomic E-state index is 11.0. The van der Waals surface area contributed by atoms with Crippen LogP contribution in [0.2, 0.25) is 0 Å². The Morgan fingerprint density at radius 2 is 2.29 bits per heavy atom. The molecule has 5 heteroatoms. The number of oxazole rings is 1. The fraction of sp³-hybridized carbons (Fsp3) is 0.333. The van der Waals surface area contributed by atoms with Gasteiger partial charge in [0.05, 0.1) is 17.5 Å². The lowest BCUT2D eigenvalue weighted by atomic mass is 10.1. The van der Waals surface area contributed by atoms with Crippen LogP contribution in [0.5, 0.6) is 0 Å². The van der Waals surface area contributed by atoms with E-state index in [-0.39, 0.29) is 11.7 Å². The van der Waals surface area contributed by atoms with Crippen molar-refractivity contribution in [3.05, 3.63) is 30.0 Å². The molecule has 1 N–H and O–H groups in total. The van der Waals surface area contributed by atoms with Crippen molar-refractivity contribution in [1.82, 2.24) is 4.98 Å². The van der Waals surface area contributed by atoms with Crippen LogP contribution in [0.15, 0.2) is 27.4 Å². The van der Waals surface area contributed by atoms with E-state index in [1.54, 1.807) is 6.07 Å². The Morgan fingerprint density at radius 1 is 1.53 bits per heavy atom. The van der Waals surface area contributed by atoms with E-state index in [0.717, 1.165) is 0 Å². The monoisotopic (exact) mass is 235 g/mol. The minimum absolute atomic E-state index is 0.0881. The van der Waals surface area contributed by atoms with Gasteiger partial charge in [0, 0.05) is 0 Å². The van der Waals surface area contributed by atoms with Crippen molar-refractivity contribution in [3.8, 4) is 11.5 Å². The van der Waals surface area contributed by atoms with Gasteiger partial charge in [-0.3, -0.25) is 0 Å². The summed E-state index contributed by atoms with van der Waals surface area (Å²) < 4.78 is 10.2. The Kier molecular flexibility index (Phi) is 2.99. The van der Waals surface area contributed by atoms with Gasteiger partial charge in [-0.2, -0.15) is 0 Å². The van der Waals surface area contributed by atoms with Crippen molar-refractivity contribution in [2.24, 2.45) is 5.92 Å². The maximum atomic E-state index is 11.0. The molecule has 0 radical (unpaired) electrons. The molecule has 0 spiro atoms. The molecule has 2 aromatic rings. The van der Waals surface area contributed by atoms with Gasteiger partial charge in [0.2, 0.25) is 11.7 Å². The Labute approximate surface area is 98.1 Å². The molecule has 90 valence electrons. The lowest BCUT2D eigenvalue weighted by Crippen LogP contribution is -2.03. The SMILES string of the molecule is CC(C)Cc1nc(-c2ccoc2)oc1C(=O)O. The number of nitrogens with zero attached hydrogens (tertiary/aromatic N) is 1. The van der Waals surface area contributed by atoms with Crippen molar-refractivity contribution in [1.29, 1.82) is 0 Å². The van der Waals surface area contributed by atoms with Crippen molar-refractivity contribution in [3.63, 3.8) is 0 Å². The van der Waals surface area contributed by atoms with Crippen molar-refractivity contribution in [2.45, 2.75) is 20.3 Å². The van der Waals surface area contributed by atoms with Crippen LogP contribution < -0.4 is 0 Å². The number of carboxylic acids is 1. The van der Waals surface area contributed by atoms with Crippen LogP contribution in [-0.4, -0.2) is 16.1 Å². The zero-order valence-corrected chi connectivity index (χ0v) is 9.64. The van der Waals surface area contributed by atoms with Crippen LogP contribution in [0.4, 0.5) is 0 Å². The van der Waals surface area contributed by atoms with Gasteiger partial charge in [-0.25, -0.2) is 9.78 Å². The normalized spacial score (nSPS) is 11.0. The Morgan fingerprint density at radius 3 is 2.82 bits per heavy atom. The zero-order chi connectivity index (χ0) is 12.4. The quantitative estimate of drug-likeness (QED) is 0.881. The van der Waals surface area contributed by atoms with Crippen molar-refractivity contribution in [2.75, 3.05) is 0 Å². The topological polar surface area (TPSA) is 76.5 Å². The minimum atomic E-state index is -1.09. The first-order valence-electron chi connectivity index (χ1n) is 5.33. The Balaban J connectivity index is 2.41. The fourth-order valence-corrected chi connectivity index (χ4v) is 1.55. The molecule has 2 rings (SSSR count). The highest BCUT2D eigenvalue weighted by atomic mass is 16.4. The minimum Gasteiger partial charge on any atom is -0.475 e. The van der Waals surface area contributed by atoms with E-state index in [9.17, 15) is 4.79 Å². The number of hydrogen-bond acceptors (Lipinski definition) is 4. The smallest absolute Gasteiger partial charge is 0.373 e. The molecule has 0 saturated carbocycles. The first-order valence-corrected chi connectivity index (χ1v) is 5.33. The van der Waals surface area contributed by atoms with Crippen LogP contribution in [0.25, 0.3) is 11.5 Å². The fourth-order valence-electron chi connectivity index (χ4n) is 1.55. The van der Waals surface area contributed by atoms with E-state index in [1.165, 1.54) is 12.5 Å². The summed E-state index contributed by atoms with van der Waals surface area (Å²) in [5.74, 6) is -0.583. The molecule has 2 heterocycles. The third-order valence-electron chi connectivity index (χ3n) is 2.26. The summed E-state index contributed by atoms with van der Waals surface area (Å²) in [6, 6.07) is 1.68. The highest BCUT2D eigenvalue weighted by Gasteiger charge is 2.21. The molecule has 0 saturated heterocycles. The molecule has 0 amide bonds.